The summed E-state index contributed by atoms with van der Waals surface area (Å²) in [6.07, 6.45) is 0. The second-order valence-corrected chi connectivity index (χ2v) is 4.97. The molecule has 0 aliphatic rings. The van der Waals surface area contributed by atoms with Crippen LogP contribution in [0.4, 0.5) is 5.69 Å². The lowest BCUT2D eigenvalue weighted by atomic mass is 10.1. The Balaban J connectivity index is 2.92. The van der Waals surface area contributed by atoms with Crippen LogP contribution < -0.4 is 10.5 Å². The molecule has 0 aliphatic heterocycles. The third-order valence-electron chi connectivity index (χ3n) is 2.43. The van der Waals surface area contributed by atoms with Crippen molar-refractivity contribution in [2.75, 3.05) is 12.8 Å². The third kappa shape index (κ3) is 2.17. The number of anilines is 1. The summed E-state index contributed by atoms with van der Waals surface area (Å²) in [4.78, 5) is -0.209. The maximum Gasteiger partial charge on any atom is 0.295 e. The van der Waals surface area contributed by atoms with Crippen molar-refractivity contribution in [3.8, 4) is 5.75 Å². The van der Waals surface area contributed by atoms with Crippen LogP contribution in [-0.2, 0) is 10.1 Å². The Morgan fingerprint density at radius 3 is 2.53 bits per heavy atom. The number of rotatable bonds is 2. The molecule has 0 bridgehead atoms. The van der Waals surface area contributed by atoms with Gasteiger partial charge in [0.15, 0.2) is 0 Å². The first-order valence-corrected chi connectivity index (χ1v) is 6.20. The molecular weight excluding hydrogens is 242 g/mol. The zero-order valence-corrected chi connectivity index (χ0v) is 9.86. The molecule has 0 saturated carbocycles. The lowest BCUT2D eigenvalue weighted by Gasteiger charge is -2.08. The predicted molar refractivity (Wildman–Crippen MR) is 64.7 cm³/mol. The molecule has 6 heteroatoms. The van der Waals surface area contributed by atoms with Gasteiger partial charge in [0.25, 0.3) is 10.1 Å². The molecule has 0 spiro atoms. The summed E-state index contributed by atoms with van der Waals surface area (Å²) in [7, 11) is -2.89. The van der Waals surface area contributed by atoms with Gasteiger partial charge in [0.1, 0.15) is 10.6 Å². The minimum atomic E-state index is -4.31. The number of methoxy groups -OCH3 is 1. The molecular formula is C11H11NO4S. The monoisotopic (exact) mass is 253 g/mol. The van der Waals surface area contributed by atoms with Crippen molar-refractivity contribution in [2.45, 2.75) is 4.90 Å². The molecule has 5 nitrogen and oxygen atoms in total. The number of hydrogen-bond acceptors (Lipinski definition) is 4. The van der Waals surface area contributed by atoms with E-state index in [1.165, 1.54) is 19.2 Å². The van der Waals surface area contributed by atoms with Gasteiger partial charge in [-0.2, -0.15) is 8.42 Å². The van der Waals surface area contributed by atoms with E-state index in [1.807, 2.05) is 0 Å². The van der Waals surface area contributed by atoms with E-state index in [1.54, 1.807) is 18.2 Å². The largest absolute Gasteiger partial charge is 0.497 e. The van der Waals surface area contributed by atoms with Gasteiger partial charge in [0, 0.05) is 17.1 Å². The first kappa shape index (κ1) is 11.7. The number of ether oxygens (including phenoxy) is 1. The molecule has 0 aromatic heterocycles. The summed E-state index contributed by atoms with van der Waals surface area (Å²) in [6.45, 7) is 0. The molecule has 3 N–H and O–H groups in total. The maximum atomic E-state index is 11.3. The second-order valence-electron chi connectivity index (χ2n) is 3.58. The van der Waals surface area contributed by atoms with Crippen LogP contribution in [0.1, 0.15) is 0 Å². The first-order valence-electron chi connectivity index (χ1n) is 4.76. The SMILES string of the molecule is COc1cc(S(=O)(=O)O)c2cc(N)ccc2c1. The zero-order chi connectivity index (χ0) is 12.6. The number of benzene rings is 2. The van der Waals surface area contributed by atoms with Crippen LogP contribution in [0.2, 0.25) is 0 Å². The zero-order valence-electron chi connectivity index (χ0n) is 9.04. The second kappa shape index (κ2) is 3.90. The molecule has 0 aliphatic carbocycles. The Morgan fingerprint density at radius 2 is 1.94 bits per heavy atom. The molecule has 90 valence electrons. The van der Waals surface area contributed by atoms with Crippen molar-refractivity contribution in [1.82, 2.24) is 0 Å². The number of hydrogen-bond donors (Lipinski definition) is 2. The Morgan fingerprint density at radius 1 is 1.24 bits per heavy atom. The average molecular weight is 253 g/mol. The Bertz CT molecular complexity index is 679. The van der Waals surface area contributed by atoms with Crippen molar-refractivity contribution in [2.24, 2.45) is 0 Å². The van der Waals surface area contributed by atoms with E-state index in [-0.39, 0.29) is 4.90 Å². The fraction of sp³-hybridized carbons (Fsp3) is 0.0909. The average Bonchev–Trinajstić information content (AvgIpc) is 2.26. The molecule has 0 radical (unpaired) electrons. The molecule has 0 unspecified atom stereocenters. The summed E-state index contributed by atoms with van der Waals surface area (Å²) in [6, 6.07) is 7.75. The van der Waals surface area contributed by atoms with Crippen LogP contribution in [-0.4, -0.2) is 20.1 Å². The van der Waals surface area contributed by atoms with Gasteiger partial charge in [0.05, 0.1) is 7.11 Å². The molecule has 0 fully saturated rings. The highest BCUT2D eigenvalue weighted by atomic mass is 32.2. The van der Waals surface area contributed by atoms with Crippen molar-refractivity contribution in [3.05, 3.63) is 30.3 Å². The van der Waals surface area contributed by atoms with Gasteiger partial charge < -0.3 is 10.5 Å². The third-order valence-corrected chi connectivity index (χ3v) is 3.32. The minimum Gasteiger partial charge on any atom is -0.497 e. The smallest absolute Gasteiger partial charge is 0.295 e. The molecule has 17 heavy (non-hydrogen) atoms. The van der Waals surface area contributed by atoms with Crippen LogP contribution in [0.25, 0.3) is 10.8 Å². The van der Waals surface area contributed by atoms with E-state index in [0.717, 1.165) is 0 Å². The number of nitrogens with two attached hydrogens (primary N) is 1. The lowest BCUT2D eigenvalue weighted by molar-refractivity contribution is 0.413. The minimum absolute atomic E-state index is 0.209. The molecule has 0 saturated heterocycles. The summed E-state index contributed by atoms with van der Waals surface area (Å²) in [5.74, 6) is 0.356. The molecule has 2 rings (SSSR count). The molecule has 0 heterocycles. The van der Waals surface area contributed by atoms with Gasteiger partial charge in [0.2, 0.25) is 0 Å². The summed E-state index contributed by atoms with van der Waals surface area (Å²) in [5.41, 5.74) is 6.02. The highest BCUT2D eigenvalue weighted by Crippen LogP contribution is 2.29. The van der Waals surface area contributed by atoms with Crippen molar-refractivity contribution >= 4 is 26.6 Å². The van der Waals surface area contributed by atoms with Gasteiger partial charge in [-0.05, 0) is 23.6 Å². The standard InChI is InChI=1S/C11H11NO4S/c1-16-9-4-7-2-3-8(12)5-10(7)11(6-9)17(13,14)15/h2-6H,12H2,1H3,(H,13,14,15). The normalized spacial score (nSPS) is 11.6. The Hall–Kier alpha value is -1.79. The van der Waals surface area contributed by atoms with E-state index in [0.29, 0.717) is 22.2 Å². The maximum absolute atomic E-state index is 11.3. The highest BCUT2D eigenvalue weighted by molar-refractivity contribution is 7.86. The van der Waals surface area contributed by atoms with Gasteiger partial charge in [-0.3, -0.25) is 4.55 Å². The van der Waals surface area contributed by atoms with Crippen LogP contribution >= 0.6 is 0 Å². The van der Waals surface area contributed by atoms with Crippen molar-refractivity contribution in [1.29, 1.82) is 0 Å². The molecule has 0 atom stereocenters. The first-order chi connectivity index (χ1) is 7.91. The number of fused-ring (bicyclic) bond motifs is 1. The van der Waals surface area contributed by atoms with Gasteiger partial charge in [-0.15, -0.1) is 0 Å². The van der Waals surface area contributed by atoms with Gasteiger partial charge >= 0.3 is 0 Å². The van der Waals surface area contributed by atoms with Crippen LogP contribution in [0.3, 0.4) is 0 Å². The van der Waals surface area contributed by atoms with E-state index >= 15 is 0 Å². The summed E-state index contributed by atoms with van der Waals surface area (Å²) >= 11 is 0. The van der Waals surface area contributed by atoms with Gasteiger partial charge in [-0.25, -0.2) is 0 Å². The topological polar surface area (TPSA) is 89.6 Å². The van der Waals surface area contributed by atoms with E-state index < -0.39 is 10.1 Å². The summed E-state index contributed by atoms with van der Waals surface area (Å²) < 4.78 is 36.7. The quantitative estimate of drug-likeness (QED) is 0.627. The van der Waals surface area contributed by atoms with E-state index in [2.05, 4.69) is 0 Å². The van der Waals surface area contributed by atoms with Crippen LogP contribution in [0.5, 0.6) is 5.75 Å². The predicted octanol–water partition coefficient (Wildman–Crippen LogP) is 1.68. The van der Waals surface area contributed by atoms with Crippen LogP contribution in [0, 0.1) is 0 Å². The van der Waals surface area contributed by atoms with Gasteiger partial charge in [-0.1, -0.05) is 6.07 Å². The van der Waals surface area contributed by atoms with E-state index in [4.69, 9.17) is 10.5 Å². The highest BCUT2D eigenvalue weighted by Gasteiger charge is 2.16. The van der Waals surface area contributed by atoms with Crippen LogP contribution in [0.15, 0.2) is 35.2 Å². The van der Waals surface area contributed by atoms with E-state index in [9.17, 15) is 13.0 Å². The molecule has 2 aromatic carbocycles. The lowest BCUT2D eigenvalue weighted by Crippen LogP contribution is -2.00. The summed E-state index contributed by atoms with van der Waals surface area (Å²) in [5, 5.41) is 1.000. The Kier molecular flexibility index (Phi) is 2.68. The fourth-order valence-corrected chi connectivity index (χ4v) is 2.37. The fourth-order valence-electron chi connectivity index (χ4n) is 1.65. The Labute approximate surface area is 98.6 Å². The molecule has 2 aromatic rings. The molecule has 0 amide bonds. The van der Waals surface area contributed by atoms with Crippen molar-refractivity contribution in [3.63, 3.8) is 0 Å². The van der Waals surface area contributed by atoms with Crippen molar-refractivity contribution < 1.29 is 17.7 Å². The number of nitrogen functional groups attached to an aromatic ring is 1.